The van der Waals surface area contributed by atoms with Gasteiger partial charge in [0.05, 0.1) is 21.1 Å². The first-order valence-corrected chi connectivity index (χ1v) is 30.2. The molecule has 0 spiro atoms. The molecule has 2 aliphatic heterocycles. The van der Waals surface area contributed by atoms with Gasteiger partial charge in [0.15, 0.2) is 0 Å². The molecule has 2 aromatic heterocycles. The second-order valence-electron chi connectivity index (χ2n) is 28.2. The maximum atomic E-state index is 2.84. The standard InChI is InChI=1S/C72H73BN2S2/c1-67(2,3)44-24-27-46(28-25-44)75-64-49(30-29-48-51-38-53-55(40-59(51)76-65(48)64)71(11,12)34-32-69(53,7)8)61-47-23-19-18-22-43(47)36-58-63(61)73(75)62-52-39-54-56(72(13,14)35-33-70(54,9)10)41-60(52)77-66(62)74(58)57-31-26-45(68(4,5)6)37-50(57)42-20-16-15-17-21-42/h15-31,36-41H,32-35H2,1-14H3. The summed E-state index contributed by atoms with van der Waals surface area (Å²) >= 11 is 4.04. The molecule has 0 saturated carbocycles. The molecule has 0 N–H and O–H groups in total. The SMILES string of the molecule is CC(C)(C)c1ccc(N2B3c4c(cc5ccccc5c4-c4ccc5c(sc6cc7c(cc65)C(C)(C)CCC7(C)C)c42)N(c2ccc(C(C)(C)C)cc2-c2ccccc2)c2sc4cc5c(cc4c23)C(C)(C)CCC5(C)C)cc1. The zero-order valence-electron chi connectivity index (χ0n) is 47.9. The molecule has 0 unspecified atom stereocenters. The number of rotatable bonds is 3. The smallest absolute Gasteiger partial charge is 0.334 e. The molecule has 0 fully saturated rings. The van der Waals surface area contributed by atoms with Gasteiger partial charge in [-0.15, -0.1) is 22.7 Å². The van der Waals surface area contributed by atoms with E-state index >= 15 is 0 Å². The Morgan fingerprint density at radius 3 is 1.64 bits per heavy atom. The van der Waals surface area contributed by atoms with Crippen LogP contribution in [0.2, 0.25) is 0 Å². The van der Waals surface area contributed by atoms with Gasteiger partial charge in [0.1, 0.15) is 0 Å². The second kappa shape index (κ2) is 16.2. The van der Waals surface area contributed by atoms with E-state index in [-0.39, 0.29) is 39.3 Å². The highest BCUT2D eigenvalue weighted by Gasteiger charge is 2.50. The fourth-order valence-electron chi connectivity index (χ4n) is 14.3. The average Bonchev–Trinajstić information content (AvgIpc) is 4.06. The Morgan fingerprint density at radius 1 is 0.455 bits per heavy atom. The number of fused-ring (bicyclic) bond motifs is 14. The highest BCUT2D eigenvalue weighted by atomic mass is 32.1. The van der Waals surface area contributed by atoms with Crippen LogP contribution in [0.15, 0.2) is 140 Å². The molecule has 0 radical (unpaired) electrons. The summed E-state index contributed by atoms with van der Waals surface area (Å²) in [6.45, 7) is 33.8. The maximum absolute atomic E-state index is 2.84. The predicted molar refractivity (Wildman–Crippen MR) is 339 cm³/mol. The molecule has 2 aliphatic carbocycles. The zero-order valence-corrected chi connectivity index (χ0v) is 49.5. The van der Waals surface area contributed by atoms with Crippen LogP contribution in [0.3, 0.4) is 0 Å². The largest absolute Gasteiger partial charge is 0.375 e. The van der Waals surface area contributed by atoms with Crippen LogP contribution in [0.25, 0.3) is 63.3 Å². The number of anilines is 5. The summed E-state index contributed by atoms with van der Waals surface area (Å²) in [5, 5.41) is 8.05. The summed E-state index contributed by atoms with van der Waals surface area (Å²) < 4.78 is 4.15. The zero-order chi connectivity index (χ0) is 53.7. The average molecular weight is 1040 g/mol. The quantitative estimate of drug-likeness (QED) is 0.163. The number of hydrogen-bond acceptors (Lipinski definition) is 4. The van der Waals surface area contributed by atoms with E-state index in [0.29, 0.717) is 0 Å². The van der Waals surface area contributed by atoms with E-state index in [9.17, 15) is 0 Å². The van der Waals surface area contributed by atoms with Gasteiger partial charge in [-0.05, 0) is 184 Å². The second-order valence-corrected chi connectivity index (χ2v) is 30.3. The molecular formula is C72H73BN2S2. The monoisotopic (exact) mass is 1040 g/mol. The van der Waals surface area contributed by atoms with Gasteiger partial charge in [0.25, 0.3) is 0 Å². The fourth-order valence-corrected chi connectivity index (χ4v) is 16.9. The third kappa shape index (κ3) is 7.24. The van der Waals surface area contributed by atoms with Crippen molar-refractivity contribution in [3.8, 4) is 22.3 Å². The fraction of sp³-hybridized carbons (Fsp3) is 0.333. The summed E-state index contributed by atoms with van der Waals surface area (Å²) in [6.07, 6.45) is 4.74. The molecular weight excluding hydrogens is 968 g/mol. The highest BCUT2D eigenvalue weighted by Crippen LogP contribution is 2.58. The summed E-state index contributed by atoms with van der Waals surface area (Å²) in [4.78, 5) is 5.56. The number of thiophene rings is 2. The first-order valence-electron chi connectivity index (χ1n) is 28.5. The molecule has 0 atom stereocenters. The Kier molecular flexibility index (Phi) is 10.4. The normalized spacial score (nSPS) is 17.9. The molecule has 0 saturated heterocycles. The van der Waals surface area contributed by atoms with Crippen LogP contribution in [0.4, 0.5) is 27.8 Å². The van der Waals surface area contributed by atoms with Gasteiger partial charge >= 0.3 is 6.85 Å². The minimum absolute atomic E-state index is 0.0111. The lowest BCUT2D eigenvalue weighted by molar-refractivity contribution is 0.332. The van der Waals surface area contributed by atoms with Gasteiger partial charge in [0, 0.05) is 42.7 Å². The van der Waals surface area contributed by atoms with E-state index < -0.39 is 0 Å². The molecule has 10 aromatic rings. The van der Waals surface area contributed by atoms with Crippen LogP contribution < -0.4 is 20.6 Å². The first kappa shape index (κ1) is 49.2. The Labute approximate surface area is 466 Å². The topological polar surface area (TPSA) is 6.48 Å². The summed E-state index contributed by atoms with van der Waals surface area (Å²) in [7, 11) is 0. The van der Waals surface area contributed by atoms with Crippen molar-refractivity contribution in [1.29, 1.82) is 0 Å². The van der Waals surface area contributed by atoms with Gasteiger partial charge in [0.2, 0.25) is 0 Å². The molecule has 386 valence electrons. The van der Waals surface area contributed by atoms with Crippen molar-refractivity contribution in [3.05, 3.63) is 173 Å². The van der Waals surface area contributed by atoms with Crippen LogP contribution >= 0.6 is 22.7 Å². The molecule has 4 heterocycles. The molecule has 0 amide bonds. The van der Waals surface area contributed by atoms with Crippen molar-refractivity contribution in [2.45, 2.75) is 155 Å². The number of hydrogen-bond donors (Lipinski definition) is 0. The van der Waals surface area contributed by atoms with Crippen molar-refractivity contribution < 1.29 is 0 Å². The van der Waals surface area contributed by atoms with Gasteiger partial charge in [-0.1, -0.05) is 182 Å². The highest BCUT2D eigenvalue weighted by molar-refractivity contribution is 7.27. The Balaban J connectivity index is 1.17. The van der Waals surface area contributed by atoms with Crippen molar-refractivity contribution in [1.82, 2.24) is 0 Å². The van der Waals surface area contributed by atoms with E-state index in [1.165, 1.54) is 161 Å². The summed E-state index contributed by atoms with van der Waals surface area (Å²) in [5.74, 6) is 0. The van der Waals surface area contributed by atoms with Crippen molar-refractivity contribution in [2.75, 3.05) is 9.71 Å². The van der Waals surface area contributed by atoms with E-state index in [2.05, 4.69) is 246 Å². The predicted octanol–water partition coefficient (Wildman–Crippen LogP) is 20.1. The maximum Gasteiger partial charge on any atom is 0.334 e. The number of benzene rings is 8. The Morgan fingerprint density at radius 2 is 1.01 bits per heavy atom. The molecule has 8 aromatic carbocycles. The molecule has 5 heteroatoms. The van der Waals surface area contributed by atoms with Crippen LogP contribution in [-0.4, -0.2) is 6.85 Å². The van der Waals surface area contributed by atoms with Crippen molar-refractivity contribution in [3.63, 3.8) is 0 Å². The van der Waals surface area contributed by atoms with Crippen LogP contribution in [0, 0.1) is 0 Å². The summed E-state index contributed by atoms with van der Waals surface area (Å²) in [5.41, 5.74) is 22.1. The molecule has 14 rings (SSSR count). The van der Waals surface area contributed by atoms with E-state index in [1.54, 1.807) is 0 Å². The van der Waals surface area contributed by atoms with Gasteiger partial charge in [-0.3, -0.25) is 0 Å². The van der Waals surface area contributed by atoms with E-state index in [1.807, 2.05) is 22.7 Å². The first-order chi connectivity index (χ1) is 36.4. The van der Waals surface area contributed by atoms with Crippen molar-refractivity contribution in [2.24, 2.45) is 0 Å². The van der Waals surface area contributed by atoms with Crippen molar-refractivity contribution >= 4 is 109 Å². The van der Waals surface area contributed by atoms with Gasteiger partial charge < -0.3 is 9.71 Å². The lowest BCUT2D eigenvalue weighted by atomic mass is 9.43. The van der Waals surface area contributed by atoms with Crippen LogP contribution in [0.1, 0.15) is 156 Å². The van der Waals surface area contributed by atoms with Crippen LogP contribution in [0.5, 0.6) is 0 Å². The Hall–Kier alpha value is -6.14. The van der Waals surface area contributed by atoms with Gasteiger partial charge in [-0.2, -0.15) is 0 Å². The van der Waals surface area contributed by atoms with E-state index in [4.69, 9.17) is 0 Å². The third-order valence-corrected chi connectivity index (χ3v) is 21.6. The Bertz CT molecular complexity index is 4130. The lowest BCUT2D eigenvalue weighted by Crippen LogP contribution is -2.61. The minimum atomic E-state index is -0.133. The molecule has 77 heavy (non-hydrogen) atoms. The molecule has 4 aliphatic rings. The van der Waals surface area contributed by atoms with Crippen LogP contribution in [-0.2, 0) is 32.5 Å². The minimum Gasteiger partial charge on any atom is -0.375 e. The summed E-state index contributed by atoms with van der Waals surface area (Å²) in [6, 6.07) is 55.7. The number of nitrogens with zero attached hydrogens (tertiary/aromatic N) is 2. The lowest BCUT2D eigenvalue weighted by Gasteiger charge is -2.46. The third-order valence-electron chi connectivity index (χ3n) is 19.3. The molecule has 0 bridgehead atoms. The van der Waals surface area contributed by atoms with Gasteiger partial charge in [-0.25, -0.2) is 0 Å². The molecule has 2 nitrogen and oxygen atoms in total. The van der Waals surface area contributed by atoms with E-state index in [0.717, 1.165) is 0 Å².